The van der Waals surface area contributed by atoms with Crippen LogP contribution in [0.4, 0.5) is 0 Å². The molecule has 0 fully saturated rings. The Bertz CT molecular complexity index is 448. The van der Waals surface area contributed by atoms with Crippen LogP contribution < -0.4 is 9.47 Å². The number of rotatable bonds is 3. The molecule has 1 rings (SSSR count). The first-order valence-electron chi connectivity index (χ1n) is 4.64. The van der Waals surface area contributed by atoms with Gasteiger partial charge in [0.1, 0.15) is 6.07 Å². The van der Waals surface area contributed by atoms with Gasteiger partial charge in [-0.1, -0.05) is 6.92 Å². The summed E-state index contributed by atoms with van der Waals surface area (Å²) < 4.78 is 9.83. The van der Waals surface area contributed by atoms with Gasteiger partial charge in [0, 0.05) is 6.42 Å². The summed E-state index contributed by atoms with van der Waals surface area (Å²) in [7, 11) is 1.32. The number of phenols is 1. The van der Waals surface area contributed by atoms with Crippen LogP contribution in [0.25, 0.3) is 0 Å². The minimum absolute atomic E-state index is 0.0131. The van der Waals surface area contributed by atoms with E-state index in [0.717, 1.165) is 0 Å². The van der Waals surface area contributed by atoms with Crippen molar-refractivity contribution in [3.05, 3.63) is 17.7 Å². The van der Waals surface area contributed by atoms with Crippen LogP contribution in [0, 0.1) is 11.3 Å². The van der Waals surface area contributed by atoms with Gasteiger partial charge in [-0.15, -0.1) is 0 Å². The summed E-state index contributed by atoms with van der Waals surface area (Å²) in [6.45, 7) is 1.63. The Kier molecular flexibility index (Phi) is 3.72. The molecule has 0 aliphatic heterocycles. The third kappa shape index (κ3) is 2.23. The van der Waals surface area contributed by atoms with Gasteiger partial charge in [-0.3, -0.25) is 4.79 Å². The zero-order chi connectivity index (χ0) is 12.1. The molecule has 0 aromatic heterocycles. The maximum absolute atomic E-state index is 11.2. The average Bonchev–Trinajstić information content (AvgIpc) is 2.29. The highest BCUT2D eigenvalue weighted by Crippen LogP contribution is 2.39. The summed E-state index contributed by atoms with van der Waals surface area (Å²) in [6, 6.07) is 4.52. The monoisotopic (exact) mass is 221 g/mol. The van der Waals surface area contributed by atoms with Crippen molar-refractivity contribution in [3.8, 4) is 23.3 Å². The van der Waals surface area contributed by atoms with Gasteiger partial charge in [-0.25, -0.2) is 0 Å². The Hall–Kier alpha value is -2.22. The molecule has 0 bridgehead atoms. The van der Waals surface area contributed by atoms with Crippen molar-refractivity contribution in [2.45, 2.75) is 13.3 Å². The number of carbonyl (C=O) groups excluding carboxylic acids is 1. The van der Waals surface area contributed by atoms with Gasteiger partial charge in [0.05, 0.1) is 12.7 Å². The van der Waals surface area contributed by atoms with Crippen LogP contribution >= 0.6 is 0 Å². The number of phenolic OH excluding ortho intramolecular Hbond substituents is 1. The van der Waals surface area contributed by atoms with Gasteiger partial charge in [0.2, 0.25) is 5.75 Å². The van der Waals surface area contributed by atoms with Crippen LogP contribution in [0.5, 0.6) is 17.2 Å². The smallest absolute Gasteiger partial charge is 0.311 e. The van der Waals surface area contributed by atoms with Crippen molar-refractivity contribution in [3.63, 3.8) is 0 Å². The SMILES string of the molecule is CCC(=O)Oc1c(C#N)ccc(O)c1OC. The Balaban J connectivity index is 3.26. The van der Waals surface area contributed by atoms with Crippen LogP contribution in [0.3, 0.4) is 0 Å². The Morgan fingerprint density at radius 2 is 2.19 bits per heavy atom. The number of methoxy groups -OCH3 is 1. The molecule has 0 unspecified atom stereocenters. The molecule has 0 heterocycles. The predicted molar refractivity (Wildman–Crippen MR) is 55.3 cm³/mol. The molecule has 0 aliphatic carbocycles. The standard InChI is InChI=1S/C11H11NO4/c1-3-9(14)16-10-7(6-12)4-5-8(13)11(10)15-2/h4-5,13H,3H2,1-2H3. The molecule has 0 atom stereocenters. The predicted octanol–water partition coefficient (Wildman–Crippen LogP) is 1.59. The number of nitrogens with zero attached hydrogens (tertiary/aromatic N) is 1. The highest BCUT2D eigenvalue weighted by molar-refractivity contribution is 5.75. The van der Waals surface area contributed by atoms with E-state index in [1.807, 2.05) is 6.07 Å². The van der Waals surface area contributed by atoms with E-state index in [1.54, 1.807) is 6.92 Å². The van der Waals surface area contributed by atoms with Crippen LogP contribution in [-0.2, 0) is 4.79 Å². The van der Waals surface area contributed by atoms with Crippen molar-refractivity contribution in [1.82, 2.24) is 0 Å². The van der Waals surface area contributed by atoms with Crippen molar-refractivity contribution >= 4 is 5.97 Å². The van der Waals surface area contributed by atoms with Crippen LogP contribution in [0.2, 0.25) is 0 Å². The van der Waals surface area contributed by atoms with Gasteiger partial charge in [-0.05, 0) is 12.1 Å². The van der Waals surface area contributed by atoms with Gasteiger partial charge in [0.25, 0.3) is 0 Å². The van der Waals surface area contributed by atoms with E-state index in [2.05, 4.69) is 0 Å². The van der Waals surface area contributed by atoms with Crippen molar-refractivity contribution in [1.29, 1.82) is 5.26 Å². The lowest BCUT2D eigenvalue weighted by Crippen LogP contribution is -2.08. The van der Waals surface area contributed by atoms with Gasteiger partial charge >= 0.3 is 5.97 Å². The first kappa shape index (κ1) is 11.9. The second-order valence-electron chi connectivity index (χ2n) is 2.93. The fraction of sp³-hybridized carbons (Fsp3) is 0.273. The number of carbonyl (C=O) groups is 1. The molecule has 0 aliphatic rings. The number of benzene rings is 1. The molecular formula is C11H11NO4. The highest BCUT2D eigenvalue weighted by Gasteiger charge is 2.17. The summed E-state index contributed by atoms with van der Waals surface area (Å²) in [5, 5.41) is 18.3. The van der Waals surface area contributed by atoms with Crippen molar-refractivity contribution < 1.29 is 19.4 Å². The molecule has 0 saturated carbocycles. The second-order valence-corrected chi connectivity index (χ2v) is 2.93. The quantitative estimate of drug-likeness (QED) is 0.619. The molecule has 0 amide bonds. The lowest BCUT2D eigenvalue weighted by molar-refractivity contribution is -0.134. The zero-order valence-electron chi connectivity index (χ0n) is 8.98. The average molecular weight is 221 g/mol. The van der Waals surface area contributed by atoms with Gasteiger partial charge in [-0.2, -0.15) is 5.26 Å². The molecular weight excluding hydrogens is 210 g/mol. The molecule has 5 heteroatoms. The topological polar surface area (TPSA) is 79.6 Å². The molecule has 0 radical (unpaired) electrons. The molecule has 5 nitrogen and oxygen atoms in total. The summed E-state index contributed by atoms with van der Waals surface area (Å²) in [6.07, 6.45) is 0.170. The van der Waals surface area contributed by atoms with Crippen molar-refractivity contribution in [2.24, 2.45) is 0 Å². The summed E-state index contributed by atoms with van der Waals surface area (Å²) >= 11 is 0. The van der Waals surface area contributed by atoms with Crippen molar-refractivity contribution in [2.75, 3.05) is 7.11 Å². The summed E-state index contributed by atoms with van der Waals surface area (Å²) in [4.78, 5) is 11.2. The van der Waals surface area contributed by atoms with Crippen LogP contribution in [0.1, 0.15) is 18.9 Å². The first-order valence-corrected chi connectivity index (χ1v) is 4.64. The number of aromatic hydroxyl groups is 1. The first-order chi connectivity index (χ1) is 7.63. The fourth-order valence-corrected chi connectivity index (χ4v) is 1.12. The van der Waals surface area contributed by atoms with Crippen LogP contribution in [-0.4, -0.2) is 18.2 Å². The second kappa shape index (κ2) is 5.03. The highest BCUT2D eigenvalue weighted by atomic mass is 16.6. The number of esters is 1. The Morgan fingerprint density at radius 1 is 1.50 bits per heavy atom. The minimum Gasteiger partial charge on any atom is -0.504 e. The third-order valence-corrected chi connectivity index (χ3v) is 1.92. The maximum Gasteiger partial charge on any atom is 0.311 e. The fourth-order valence-electron chi connectivity index (χ4n) is 1.12. The number of nitriles is 1. The van der Waals surface area contributed by atoms with Gasteiger partial charge in [0.15, 0.2) is 11.5 Å². The lowest BCUT2D eigenvalue weighted by Gasteiger charge is -2.11. The van der Waals surface area contributed by atoms with E-state index in [-0.39, 0.29) is 29.2 Å². The van der Waals surface area contributed by atoms with E-state index < -0.39 is 5.97 Å². The molecule has 84 valence electrons. The van der Waals surface area contributed by atoms with E-state index >= 15 is 0 Å². The lowest BCUT2D eigenvalue weighted by atomic mass is 10.2. The van der Waals surface area contributed by atoms with E-state index in [9.17, 15) is 9.90 Å². The van der Waals surface area contributed by atoms with E-state index in [1.165, 1.54) is 19.2 Å². The normalized spacial score (nSPS) is 9.31. The maximum atomic E-state index is 11.2. The zero-order valence-corrected chi connectivity index (χ0v) is 8.98. The molecule has 0 spiro atoms. The number of hydrogen-bond donors (Lipinski definition) is 1. The third-order valence-electron chi connectivity index (χ3n) is 1.92. The van der Waals surface area contributed by atoms with Gasteiger partial charge < -0.3 is 14.6 Å². The minimum atomic E-state index is -0.500. The summed E-state index contributed by atoms with van der Waals surface area (Å²) in [5.74, 6) is -0.737. The van der Waals surface area contributed by atoms with E-state index in [4.69, 9.17) is 14.7 Å². The summed E-state index contributed by atoms with van der Waals surface area (Å²) in [5.41, 5.74) is 0.136. The van der Waals surface area contributed by atoms with E-state index in [0.29, 0.717) is 0 Å². The molecule has 1 aromatic carbocycles. The Labute approximate surface area is 92.8 Å². The molecule has 16 heavy (non-hydrogen) atoms. The number of hydrogen-bond acceptors (Lipinski definition) is 5. The molecule has 1 aromatic rings. The largest absolute Gasteiger partial charge is 0.504 e. The number of ether oxygens (including phenoxy) is 2. The molecule has 0 saturated heterocycles. The van der Waals surface area contributed by atoms with Crippen LogP contribution in [0.15, 0.2) is 12.1 Å². The molecule has 1 N–H and O–H groups in total. The Morgan fingerprint density at radius 3 is 2.69 bits per heavy atom.